The van der Waals surface area contributed by atoms with Gasteiger partial charge in [0.1, 0.15) is 28.5 Å². The third kappa shape index (κ3) is 6.51. The predicted molar refractivity (Wildman–Crippen MR) is 155 cm³/mol. The largest absolute Gasteiger partial charge is 0.457 e. The molecule has 0 bridgehead atoms. The summed E-state index contributed by atoms with van der Waals surface area (Å²) in [5, 5.41) is 20.8. The molecule has 14 heteroatoms. The highest BCUT2D eigenvalue weighted by molar-refractivity contribution is 6.09. The van der Waals surface area contributed by atoms with Crippen LogP contribution in [0.15, 0.2) is 73.3 Å². The van der Waals surface area contributed by atoms with E-state index in [2.05, 4.69) is 25.4 Å². The van der Waals surface area contributed by atoms with E-state index in [9.17, 15) is 18.7 Å². The molecule has 1 aliphatic heterocycles. The number of benzene rings is 2. The molecule has 228 valence electrons. The summed E-state index contributed by atoms with van der Waals surface area (Å²) in [5.74, 6) is 0.246. The molecule has 5 aromatic rings. The number of hydrogen-bond donors (Lipinski definition) is 2. The van der Waals surface area contributed by atoms with Crippen LogP contribution in [0.4, 0.5) is 14.5 Å². The summed E-state index contributed by atoms with van der Waals surface area (Å²) in [4.78, 5) is 19.6. The van der Waals surface area contributed by atoms with Gasteiger partial charge in [-0.15, -0.1) is 0 Å². The Balaban J connectivity index is 1.27. The van der Waals surface area contributed by atoms with Gasteiger partial charge in [0.15, 0.2) is 5.65 Å². The monoisotopic (exact) mass is 605 g/mol. The lowest BCUT2D eigenvalue weighted by molar-refractivity contribution is -0.0551. The number of aliphatic hydroxyl groups excluding tert-OH is 1. The molecule has 1 atom stereocenters. The number of nitrogens with zero attached hydrogens (tertiary/aromatic N) is 6. The molecule has 0 radical (unpaired) electrons. The molecule has 0 unspecified atom stereocenters. The Hall–Kier alpha value is -4.92. The average molecular weight is 606 g/mol. The number of anilines is 1. The lowest BCUT2D eigenvalue weighted by Crippen LogP contribution is -2.43. The van der Waals surface area contributed by atoms with Crippen molar-refractivity contribution in [1.29, 1.82) is 0 Å². The van der Waals surface area contributed by atoms with Gasteiger partial charge in [0, 0.05) is 45.3 Å². The zero-order chi connectivity index (χ0) is 30.6. The summed E-state index contributed by atoms with van der Waals surface area (Å²) >= 11 is 0. The van der Waals surface area contributed by atoms with Gasteiger partial charge >= 0.3 is 6.61 Å². The minimum Gasteiger partial charge on any atom is -0.457 e. The molecule has 6 rings (SSSR count). The van der Waals surface area contributed by atoms with Crippen molar-refractivity contribution in [2.45, 2.75) is 19.3 Å². The number of fused-ring (bicyclic) bond motifs is 1. The molecule has 3 aromatic heterocycles. The maximum Gasteiger partial charge on any atom is 0.387 e. The molecule has 1 saturated heterocycles. The SMILES string of the molecule is Cn1cc(NC(=O)c2cnn3cccnc23)c(-c2cc(Oc3cccc(CN4CCO[C@@H](CO)C4)c3)ccc2OC(F)F)n1. The van der Waals surface area contributed by atoms with E-state index in [0.717, 1.165) is 12.1 Å². The highest BCUT2D eigenvalue weighted by Crippen LogP contribution is 2.39. The number of ether oxygens (including phenoxy) is 3. The first kappa shape index (κ1) is 29.2. The maximum atomic E-state index is 13.4. The molecule has 12 nitrogen and oxygen atoms in total. The number of alkyl halides is 2. The zero-order valence-corrected chi connectivity index (χ0v) is 23.6. The summed E-state index contributed by atoms with van der Waals surface area (Å²) in [7, 11) is 1.65. The topological polar surface area (TPSA) is 128 Å². The number of aliphatic hydroxyl groups is 1. The second-order valence-corrected chi connectivity index (χ2v) is 10.2. The number of carbonyl (C=O) groups is 1. The highest BCUT2D eigenvalue weighted by Gasteiger charge is 2.23. The Labute approximate surface area is 250 Å². The predicted octanol–water partition coefficient (Wildman–Crippen LogP) is 3.97. The Kier molecular flexibility index (Phi) is 8.45. The number of nitrogens with one attached hydrogen (secondary N) is 1. The van der Waals surface area contributed by atoms with Gasteiger partial charge in [0.2, 0.25) is 0 Å². The lowest BCUT2D eigenvalue weighted by atomic mass is 10.1. The zero-order valence-electron chi connectivity index (χ0n) is 23.6. The molecule has 4 heterocycles. The first-order chi connectivity index (χ1) is 21.4. The van der Waals surface area contributed by atoms with E-state index in [1.54, 1.807) is 37.8 Å². The van der Waals surface area contributed by atoms with Gasteiger partial charge in [0.05, 0.1) is 36.8 Å². The summed E-state index contributed by atoms with van der Waals surface area (Å²) in [5.41, 5.74) is 2.23. The molecule has 44 heavy (non-hydrogen) atoms. The molecule has 1 fully saturated rings. The third-order valence-electron chi connectivity index (χ3n) is 6.99. The van der Waals surface area contributed by atoms with Crippen LogP contribution in [0.1, 0.15) is 15.9 Å². The van der Waals surface area contributed by atoms with Crippen LogP contribution in [0.5, 0.6) is 17.2 Å². The molecule has 0 saturated carbocycles. The number of hydrogen-bond acceptors (Lipinski definition) is 9. The number of aromatic nitrogens is 5. The minimum absolute atomic E-state index is 0.0349. The van der Waals surface area contributed by atoms with Crippen LogP contribution in [0.3, 0.4) is 0 Å². The van der Waals surface area contributed by atoms with Crippen LogP contribution in [0.2, 0.25) is 0 Å². The van der Waals surface area contributed by atoms with Crippen LogP contribution in [-0.4, -0.2) is 79.3 Å². The fourth-order valence-electron chi connectivity index (χ4n) is 5.05. The first-order valence-electron chi connectivity index (χ1n) is 13.8. The van der Waals surface area contributed by atoms with Crippen LogP contribution in [-0.2, 0) is 18.3 Å². The van der Waals surface area contributed by atoms with Crippen molar-refractivity contribution in [3.8, 4) is 28.5 Å². The van der Waals surface area contributed by atoms with Gasteiger partial charge in [-0.2, -0.15) is 19.0 Å². The standard InChI is InChI=1S/C30H29F2N7O5/c1-37-17-25(35-29(41)24-14-34-39-9-3-8-33-28(24)39)27(36-37)23-13-21(6-7-26(23)44-30(31)32)43-20-5-2-4-19(12-20)15-38-10-11-42-22(16-38)18-40/h2-9,12-14,17,22,30,40H,10-11,15-16,18H2,1H3,(H,35,41)/t22-/m1/s1. The third-order valence-corrected chi connectivity index (χ3v) is 6.99. The van der Waals surface area contributed by atoms with Crippen LogP contribution < -0.4 is 14.8 Å². The van der Waals surface area contributed by atoms with Crippen molar-refractivity contribution in [3.63, 3.8) is 0 Å². The van der Waals surface area contributed by atoms with Gasteiger partial charge in [0.25, 0.3) is 5.91 Å². The first-order valence-corrected chi connectivity index (χ1v) is 13.8. The number of amides is 1. The molecule has 1 aliphatic rings. The van der Waals surface area contributed by atoms with Crippen molar-refractivity contribution in [2.75, 3.05) is 31.6 Å². The number of carbonyl (C=O) groups excluding carboxylic acids is 1. The molecule has 0 spiro atoms. The Bertz CT molecular complexity index is 1780. The van der Waals surface area contributed by atoms with Gasteiger partial charge in [-0.05, 0) is 42.0 Å². The van der Waals surface area contributed by atoms with E-state index >= 15 is 0 Å². The molecule has 0 aliphatic carbocycles. The summed E-state index contributed by atoms with van der Waals surface area (Å²) < 4.78 is 46.2. The molecular weight excluding hydrogens is 576 g/mol. The fraction of sp³-hybridized carbons (Fsp3) is 0.267. The molecular formula is C30H29F2N7O5. The van der Waals surface area contributed by atoms with Crippen molar-refractivity contribution in [3.05, 3.63) is 84.4 Å². The van der Waals surface area contributed by atoms with Gasteiger partial charge in [-0.3, -0.25) is 14.4 Å². The highest BCUT2D eigenvalue weighted by atomic mass is 19.3. The normalized spacial score (nSPS) is 15.5. The van der Waals surface area contributed by atoms with Crippen molar-refractivity contribution in [1.82, 2.24) is 29.3 Å². The Morgan fingerprint density at radius 3 is 2.91 bits per heavy atom. The summed E-state index contributed by atoms with van der Waals surface area (Å²) in [6.07, 6.45) is 5.95. The maximum absolute atomic E-state index is 13.4. The van der Waals surface area contributed by atoms with E-state index in [4.69, 9.17) is 14.2 Å². The smallest absolute Gasteiger partial charge is 0.387 e. The second-order valence-electron chi connectivity index (χ2n) is 10.2. The van der Waals surface area contributed by atoms with E-state index in [1.807, 2.05) is 18.2 Å². The van der Waals surface area contributed by atoms with Crippen LogP contribution >= 0.6 is 0 Å². The fourth-order valence-corrected chi connectivity index (χ4v) is 5.05. The van der Waals surface area contributed by atoms with Crippen LogP contribution in [0.25, 0.3) is 16.9 Å². The van der Waals surface area contributed by atoms with Crippen molar-refractivity contribution < 1.29 is 32.9 Å². The Morgan fingerprint density at radius 2 is 2.07 bits per heavy atom. The number of rotatable bonds is 10. The van der Waals surface area contributed by atoms with E-state index in [1.165, 1.54) is 33.6 Å². The Morgan fingerprint density at radius 1 is 1.20 bits per heavy atom. The number of aryl methyl sites for hydroxylation is 1. The van der Waals surface area contributed by atoms with Gasteiger partial charge < -0.3 is 24.6 Å². The second kappa shape index (κ2) is 12.8. The molecule has 2 N–H and O–H groups in total. The lowest BCUT2D eigenvalue weighted by Gasteiger charge is -2.32. The van der Waals surface area contributed by atoms with Crippen LogP contribution in [0, 0.1) is 0 Å². The number of morpholine rings is 1. The van der Waals surface area contributed by atoms with E-state index in [-0.39, 0.29) is 41.0 Å². The van der Waals surface area contributed by atoms with Crippen molar-refractivity contribution in [2.24, 2.45) is 7.05 Å². The molecule has 1 amide bonds. The number of halogens is 2. The summed E-state index contributed by atoms with van der Waals surface area (Å²) in [6.45, 7) is -0.575. The quantitative estimate of drug-likeness (QED) is 0.243. The van der Waals surface area contributed by atoms with Gasteiger partial charge in [-0.25, -0.2) is 9.50 Å². The van der Waals surface area contributed by atoms with E-state index in [0.29, 0.717) is 36.8 Å². The average Bonchev–Trinajstić information content (AvgIpc) is 3.61. The summed E-state index contributed by atoms with van der Waals surface area (Å²) in [6, 6.07) is 13.6. The van der Waals surface area contributed by atoms with Gasteiger partial charge in [-0.1, -0.05) is 12.1 Å². The minimum atomic E-state index is -3.09. The molecule has 2 aromatic carbocycles. The van der Waals surface area contributed by atoms with Crippen molar-refractivity contribution >= 4 is 17.2 Å². The van der Waals surface area contributed by atoms with E-state index < -0.39 is 12.5 Å².